The van der Waals surface area contributed by atoms with Crippen molar-refractivity contribution in [2.45, 2.75) is 56.0 Å². The molecule has 0 atom stereocenters. The van der Waals surface area contributed by atoms with Crippen molar-refractivity contribution in [3.8, 4) is 0 Å². The molecule has 0 aliphatic carbocycles. The second-order valence-corrected chi connectivity index (χ2v) is 12.3. The lowest BCUT2D eigenvalue weighted by Crippen LogP contribution is -2.64. The van der Waals surface area contributed by atoms with E-state index in [0.29, 0.717) is 48.9 Å². The van der Waals surface area contributed by atoms with Crippen LogP contribution in [0.2, 0.25) is 5.02 Å². The first-order chi connectivity index (χ1) is 15.6. The molecular weight excluding hydrogens is 456 g/mol. The van der Waals surface area contributed by atoms with Crippen LogP contribution in [-0.2, 0) is 22.0 Å². The van der Waals surface area contributed by atoms with E-state index in [9.17, 15) is 8.42 Å². The van der Waals surface area contributed by atoms with Gasteiger partial charge in [-0.05, 0) is 53.6 Å². The van der Waals surface area contributed by atoms with E-state index in [4.69, 9.17) is 16.6 Å². The number of sulfonamides is 1. The van der Waals surface area contributed by atoms with Gasteiger partial charge in [0.15, 0.2) is 0 Å². The van der Waals surface area contributed by atoms with Gasteiger partial charge < -0.3 is 10.6 Å². The summed E-state index contributed by atoms with van der Waals surface area (Å²) in [6.07, 6.45) is 1.36. The number of halogens is 1. The maximum absolute atomic E-state index is 13.3. The number of benzene rings is 2. The largest absolute Gasteiger partial charge is 0.368 e. The van der Waals surface area contributed by atoms with E-state index < -0.39 is 10.0 Å². The summed E-state index contributed by atoms with van der Waals surface area (Å²) in [5.41, 5.74) is 1.92. The van der Waals surface area contributed by atoms with Crippen molar-refractivity contribution < 1.29 is 8.42 Å². The van der Waals surface area contributed by atoms with Gasteiger partial charge in [-0.25, -0.2) is 8.42 Å². The number of hydrogen-bond acceptors (Lipinski definition) is 5. The van der Waals surface area contributed by atoms with Crippen molar-refractivity contribution in [2.24, 2.45) is 4.99 Å². The Morgan fingerprint density at radius 3 is 2.30 bits per heavy atom. The molecule has 8 heteroatoms. The molecule has 2 aliphatic heterocycles. The van der Waals surface area contributed by atoms with Crippen molar-refractivity contribution in [1.29, 1.82) is 0 Å². The highest BCUT2D eigenvalue weighted by molar-refractivity contribution is 7.89. The fourth-order valence-corrected chi connectivity index (χ4v) is 6.08. The molecule has 4 rings (SSSR count). The summed E-state index contributed by atoms with van der Waals surface area (Å²) in [4.78, 5) is 5.13. The summed E-state index contributed by atoms with van der Waals surface area (Å²) in [6, 6.07) is 15.1. The lowest BCUT2D eigenvalue weighted by molar-refractivity contribution is 0.241. The van der Waals surface area contributed by atoms with E-state index in [-0.39, 0.29) is 11.0 Å². The van der Waals surface area contributed by atoms with Gasteiger partial charge in [0, 0.05) is 31.2 Å². The maximum atomic E-state index is 13.3. The molecule has 178 valence electrons. The SMILES string of the molecule is CC(C)(C)c1ccc(S(=O)(=O)N2CCC3(CC2)NCCN=C3NCc2ccc(Cl)cc2)cc1. The molecule has 0 radical (unpaired) electrons. The summed E-state index contributed by atoms with van der Waals surface area (Å²) in [5, 5.41) is 7.85. The molecular formula is C25H33ClN4O2S. The molecule has 0 amide bonds. The van der Waals surface area contributed by atoms with Crippen molar-refractivity contribution in [1.82, 2.24) is 14.9 Å². The molecule has 1 fully saturated rings. The highest BCUT2D eigenvalue weighted by atomic mass is 35.5. The highest BCUT2D eigenvalue weighted by Crippen LogP contribution is 2.30. The molecule has 0 bridgehead atoms. The van der Waals surface area contributed by atoms with Gasteiger partial charge in [0.25, 0.3) is 0 Å². The van der Waals surface area contributed by atoms with Crippen molar-refractivity contribution in [3.05, 3.63) is 64.7 Å². The standard InChI is InChI=1S/C25H33ClN4O2S/c1-24(2,3)20-6-10-22(11-7-20)33(31,32)30-16-12-25(13-17-30)23(27-14-15-29-25)28-18-19-4-8-21(26)9-5-19/h4-11,29H,12-18H2,1-3H3,(H,27,28). The minimum Gasteiger partial charge on any atom is -0.368 e. The number of rotatable bonds is 4. The summed E-state index contributed by atoms with van der Waals surface area (Å²) in [6.45, 7) is 9.45. The van der Waals surface area contributed by atoms with Gasteiger partial charge in [-0.15, -0.1) is 0 Å². The average Bonchev–Trinajstić information content (AvgIpc) is 2.79. The predicted octanol–water partition coefficient (Wildman–Crippen LogP) is 3.95. The number of piperidine rings is 1. The second-order valence-electron chi connectivity index (χ2n) is 9.90. The highest BCUT2D eigenvalue weighted by Gasteiger charge is 2.43. The van der Waals surface area contributed by atoms with Crippen LogP contribution in [0.3, 0.4) is 0 Å². The summed E-state index contributed by atoms with van der Waals surface area (Å²) < 4.78 is 28.2. The molecule has 33 heavy (non-hydrogen) atoms. The Kier molecular flexibility index (Phi) is 6.87. The molecule has 2 heterocycles. The number of amidine groups is 1. The zero-order valence-electron chi connectivity index (χ0n) is 19.6. The molecule has 2 aliphatic rings. The topological polar surface area (TPSA) is 73.8 Å². The van der Waals surface area contributed by atoms with Crippen LogP contribution in [0, 0.1) is 0 Å². The van der Waals surface area contributed by atoms with Crippen LogP contribution >= 0.6 is 11.6 Å². The quantitative estimate of drug-likeness (QED) is 0.683. The van der Waals surface area contributed by atoms with Crippen LogP contribution < -0.4 is 10.6 Å². The lowest BCUT2D eigenvalue weighted by atomic mass is 9.85. The van der Waals surface area contributed by atoms with Gasteiger partial charge in [-0.3, -0.25) is 4.99 Å². The van der Waals surface area contributed by atoms with E-state index in [1.54, 1.807) is 16.4 Å². The van der Waals surface area contributed by atoms with E-state index >= 15 is 0 Å². The fraction of sp³-hybridized carbons (Fsp3) is 0.480. The smallest absolute Gasteiger partial charge is 0.243 e. The van der Waals surface area contributed by atoms with Crippen molar-refractivity contribution in [3.63, 3.8) is 0 Å². The lowest BCUT2D eigenvalue weighted by Gasteiger charge is -2.44. The van der Waals surface area contributed by atoms with Gasteiger partial charge in [0.1, 0.15) is 5.84 Å². The molecule has 2 N–H and O–H groups in total. The molecule has 0 saturated carbocycles. The van der Waals surface area contributed by atoms with Crippen LogP contribution in [-0.4, -0.2) is 50.3 Å². The number of hydrogen-bond donors (Lipinski definition) is 2. The van der Waals surface area contributed by atoms with Crippen LogP contribution in [0.15, 0.2) is 58.4 Å². The number of nitrogens with one attached hydrogen (secondary N) is 2. The number of aliphatic imine (C=N–C) groups is 1. The van der Waals surface area contributed by atoms with Crippen LogP contribution in [0.1, 0.15) is 44.7 Å². The van der Waals surface area contributed by atoms with Gasteiger partial charge in [-0.1, -0.05) is 56.6 Å². The van der Waals surface area contributed by atoms with Gasteiger partial charge in [0.05, 0.1) is 17.0 Å². The first kappa shape index (κ1) is 24.2. The van der Waals surface area contributed by atoms with E-state index in [2.05, 4.69) is 31.4 Å². The monoisotopic (exact) mass is 488 g/mol. The molecule has 2 aromatic rings. The molecule has 0 unspecified atom stereocenters. The summed E-state index contributed by atoms with van der Waals surface area (Å²) in [5.74, 6) is 0.926. The van der Waals surface area contributed by atoms with Crippen LogP contribution in [0.25, 0.3) is 0 Å². The first-order valence-electron chi connectivity index (χ1n) is 11.5. The Bertz CT molecular complexity index is 1100. The van der Waals surface area contributed by atoms with Crippen LogP contribution in [0.4, 0.5) is 0 Å². The maximum Gasteiger partial charge on any atom is 0.243 e. The van der Waals surface area contributed by atoms with Crippen LogP contribution in [0.5, 0.6) is 0 Å². The van der Waals surface area contributed by atoms with Crippen molar-refractivity contribution in [2.75, 3.05) is 26.2 Å². The summed E-state index contributed by atoms with van der Waals surface area (Å²) >= 11 is 5.99. The first-order valence-corrected chi connectivity index (χ1v) is 13.3. The molecule has 0 aromatic heterocycles. The van der Waals surface area contributed by atoms with E-state index in [1.165, 1.54) is 0 Å². The minimum absolute atomic E-state index is 0.0127. The second kappa shape index (κ2) is 9.37. The third-order valence-corrected chi connectivity index (χ3v) is 8.77. The minimum atomic E-state index is -3.52. The van der Waals surface area contributed by atoms with Crippen molar-refractivity contribution >= 4 is 27.5 Å². The van der Waals surface area contributed by atoms with E-state index in [0.717, 1.165) is 23.5 Å². The Morgan fingerprint density at radius 1 is 1.06 bits per heavy atom. The fourth-order valence-electron chi connectivity index (χ4n) is 4.51. The third-order valence-electron chi connectivity index (χ3n) is 6.61. The molecule has 2 aromatic carbocycles. The molecule has 6 nitrogen and oxygen atoms in total. The normalized spacial score (nSPS) is 19.3. The Morgan fingerprint density at radius 2 is 1.70 bits per heavy atom. The van der Waals surface area contributed by atoms with Gasteiger partial charge in [-0.2, -0.15) is 4.31 Å². The molecule has 1 spiro atoms. The predicted molar refractivity (Wildman–Crippen MR) is 134 cm³/mol. The van der Waals surface area contributed by atoms with Gasteiger partial charge >= 0.3 is 0 Å². The zero-order chi connectivity index (χ0) is 23.7. The summed E-state index contributed by atoms with van der Waals surface area (Å²) in [7, 11) is -3.52. The molecule has 1 saturated heterocycles. The average molecular weight is 489 g/mol. The zero-order valence-corrected chi connectivity index (χ0v) is 21.1. The Hall–Kier alpha value is -1.93. The Labute approximate surface area is 202 Å². The van der Waals surface area contributed by atoms with E-state index in [1.807, 2.05) is 36.4 Å². The van der Waals surface area contributed by atoms with Gasteiger partial charge in [0.2, 0.25) is 10.0 Å². The third kappa shape index (κ3) is 5.27. The number of nitrogens with zero attached hydrogens (tertiary/aromatic N) is 2. The Balaban J connectivity index is 1.44.